The Kier molecular flexibility index (Phi) is 5.19. The van der Waals surface area contributed by atoms with Gasteiger partial charge in [-0.1, -0.05) is 19.1 Å². The highest BCUT2D eigenvalue weighted by Gasteiger charge is 2.14. The highest BCUT2D eigenvalue weighted by atomic mass is 32.2. The normalized spacial score (nSPS) is 15.5. The Bertz CT molecular complexity index is 1100. The van der Waals surface area contributed by atoms with Gasteiger partial charge in [-0.05, 0) is 42.0 Å². The average Bonchev–Trinajstić information content (AvgIpc) is 3.15. The minimum absolute atomic E-state index is 0.0591. The number of nitrogens with zero attached hydrogens (tertiary/aromatic N) is 2. The van der Waals surface area contributed by atoms with E-state index in [1.807, 2.05) is 6.08 Å². The second kappa shape index (κ2) is 7.77. The number of hydrogen-bond donors (Lipinski definition) is 0. The maximum absolute atomic E-state index is 12.0. The molecule has 1 saturated heterocycles. The molecule has 0 unspecified atom stereocenters. The molecule has 0 saturated carbocycles. The van der Waals surface area contributed by atoms with Gasteiger partial charge < -0.3 is 14.1 Å². The molecule has 1 fully saturated rings. The zero-order valence-electron chi connectivity index (χ0n) is 15.7. The van der Waals surface area contributed by atoms with E-state index in [1.54, 1.807) is 31.2 Å². The number of rotatable bonds is 5. The summed E-state index contributed by atoms with van der Waals surface area (Å²) in [4.78, 5) is 6.96. The summed E-state index contributed by atoms with van der Waals surface area (Å²) < 4.78 is 35.1. The van der Waals surface area contributed by atoms with Gasteiger partial charge in [-0.2, -0.15) is 0 Å². The molecule has 1 aliphatic heterocycles. The van der Waals surface area contributed by atoms with E-state index in [1.165, 1.54) is 5.69 Å². The minimum atomic E-state index is -3.26. The van der Waals surface area contributed by atoms with E-state index in [0.29, 0.717) is 17.0 Å². The molecule has 146 valence electrons. The molecule has 3 aromatic rings. The van der Waals surface area contributed by atoms with Crippen LogP contribution in [0.4, 0.5) is 5.69 Å². The topological polar surface area (TPSA) is 72.6 Å². The van der Waals surface area contributed by atoms with Gasteiger partial charge in [-0.25, -0.2) is 13.4 Å². The second-order valence-corrected chi connectivity index (χ2v) is 8.89. The first-order valence-corrected chi connectivity index (χ1v) is 10.9. The fourth-order valence-electron chi connectivity index (χ4n) is 3.14. The van der Waals surface area contributed by atoms with Crippen molar-refractivity contribution in [3.63, 3.8) is 0 Å². The van der Waals surface area contributed by atoms with Crippen LogP contribution in [0, 0.1) is 0 Å². The van der Waals surface area contributed by atoms with Crippen LogP contribution in [-0.4, -0.2) is 45.5 Å². The van der Waals surface area contributed by atoms with Crippen LogP contribution in [-0.2, 0) is 14.6 Å². The van der Waals surface area contributed by atoms with E-state index in [4.69, 9.17) is 9.15 Å². The Morgan fingerprint density at radius 1 is 1.07 bits per heavy atom. The van der Waals surface area contributed by atoms with Crippen LogP contribution in [0.3, 0.4) is 0 Å². The van der Waals surface area contributed by atoms with Gasteiger partial charge in [0.1, 0.15) is 5.52 Å². The van der Waals surface area contributed by atoms with Crippen molar-refractivity contribution in [1.29, 1.82) is 0 Å². The van der Waals surface area contributed by atoms with Crippen molar-refractivity contribution in [2.75, 3.05) is 37.0 Å². The molecule has 0 spiro atoms. The van der Waals surface area contributed by atoms with Crippen molar-refractivity contribution in [1.82, 2.24) is 4.98 Å². The van der Waals surface area contributed by atoms with Crippen molar-refractivity contribution in [2.24, 2.45) is 0 Å². The highest BCUT2D eigenvalue weighted by molar-refractivity contribution is 7.91. The molecule has 28 heavy (non-hydrogen) atoms. The molecule has 1 aromatic heterocycles. The quantitative estimate of drug-likeness (QED) is 0.654. The summed E-state index contributed by atoms with van der Waals surface area (Å²) in [6, 6.07) is 13.1. The first kappa shape index (κ1) is 18.7. The van der Waals surface area contributed by atoms with E-state index in [0.717, 1.165) is 31.9 Å². The largest absolute Gasteiger partial charge is 0.437 e. The molecule has 6 nitrogen and oxygen atoms in total. The molecule has 2 heterocycles. The van der Waals surface area contributed by atoms with Gasteiger partial charge in [0.15, 0.2) is 15.4 Å². The molecule has 0 amide bonds. The molecule has 0 aliphatic carbocycles. The molecule has 4 rings (SSSR count). The van der Waals surface area contributed by atoms with E-state index in [9.17, 15) is 8.42 Å². The molecule has 0 N–H and O–H groups in total. The van der Waals surface area contributed by atoms with E-state index in [-0.39, 0.29) is 10.6 Å². The number of fused-ring (bicyclic) bond motifs is 1. The lowest BCUT2D eigenvalue weighted by molar-refractivity contribution is 0.122. The van der Waals surface area contributed by atoms with Crippen molar-refractivity contribution in [3.05, 3.63) is 53.9 Å². The molecule has 0 bridgehead atoms. The standard InChI is InChI=1S/C21H22N2O4S/c1-2-28(24,25)18-8-9-20-19(15-18)22-21(27-20)10-5-16-3-6-17(7-4-16)23-11-13-26-14-12-23/h3-10,15H,2,11-14H2,1H3/b10-5+. The summed E-state index contributed by atoms with van der Waals surface area (Å²) in [7, 11) is -3.26. The molecule has 0 radical (unpaired) electrons. The van der Waals surface area contributed by atoms with Crippen LogP contribution in [0.15, 0.2) is 51.8 Å². The van der Waals surface area contributed by atoms with Crippen LogP contribution < -0.4 is 4.90 Å². The van der Waals surface area contributed by atoms with Gasteiger partial charge in [0, 0.05) is 24.9 Å². The Morgan fingerprint density at radius 2 is 1.82 bits per heavy atom. The first-order chi connectivity index (χ1) is 13.5. The van der Waals surface area contributed by atoms with Crippen LogP contribution >= 0.6 is 0 Å². The van der Waals surface area contributed by atoms with Gasteiger partial charge in [-0.3, -0.25) is 0 Å². The SMILES string of the molecule is CCS(=O)(=O)c1ccc2oc(/C=C/c3ccc(N4CCOCC4)cc3)nc2c1. The van der Waals surface area contributed by atoms with Gasteiger partial charge in [0.25, 0.3) is 0 Å². The smallest absolute Gasteiger partial charge is 0.220 e. The number of aromatic nitrogens is 1. The third-order valence-corrected chi connectivity index (χ3v) is 6.53. The Labute approximate surface area is 164 Å². The summed E-state index contributed by atoms with van der Waals surface area (Å²) in [6.07, 6.45) is 3.72. The highest BCUT2D eigenvalue weighted by Crippen LogP contribution is 2.22. The molecular formula is C21H22N2O4S. The molecule has 7 heteroatoms. The Morgan fingerprint density at radius 3 is 2.54 bits per heavy atom. The number of oxazole rings is 1. The van der Waals surface area contributed by atoms with Gasteiger partial charge >= 0.3 is 0 Å². The monoisotopic (exact) mass is 398 g/mol. The first-order valence-electron chi connectivity index (χ1n) is 9.29. The molecular weight excluding hydrogens is 376 g/mol. The van der Waals surface area contributed by atoms with Gasteiger partial charge in [0.2, 0.25) is 5.89 Å². The molecule has 1 aliphatic rings. The summed E-state index contributed by atoms with van der Waals surface area (Å²) in [5, 5.41) is 0. The molecule has 2 aromatic carbocycles. The van der Waals surface area contributed by atoms with E-state index >= 15 is 0 Å². The number of morpholine rings is 1. The lowest BCUT2D eigenvalue weighted by Gasteiger charge is -2.28. The van der Waals surface area contributed by atoms with E-state index < -0.39 is 9.84 Å². The van der Waals surface area contributed by atoms with Crippen LogP contribution in [0.2, 0.25) is 0 Å². The fraction of sp³-hybridized carbons (Fsp3) is 0.286. The summed E-state index contributed by atoms with van der Waals surface area (Å²) in [5.41, 5.74) is 3.33. The second-order valence-electron chi connectivity index (χ2n) is 6.61. The third-order valence-electron chi connectivity index (χ3n) is 4.80. The van der Waals surface area contributed by atoms with Crippen LogP contribution in [0.1, 0.15) is 18.4 Å². The number of hydrogen-bond acceptors (Lipinski definition) is 6. The van der Waals surface area contributed by atoms with Gasteiger partial charge in [0.05, 0.1) is 23.9 Å². The zero-order chi connectivity index (χ0) is 19.6. The predicted octanol–water partition coefficient (Wildman–Crippen LogP) is 3.63. The fourth-order valence-corrected chi connectivity index (χ4v) is 4.04. The number of anilines is 1. The Hall–Kier alpha value is -2.64. The lowest BCUT2D eigenvalue weighted by Crippen LogP contribution is -2.36. The average molecular weight is 398 g/mol. The third kappa shape index (κ3) is 3.95. The maximum Gasteiger partial charge on any atom is 0.220 e. The number of sulfone groups is 1. The summed E-state index contributed by atoms with van der Waals surface area (Å²) >= 11 is 0. The summed E-state index contributed by atoms with van der Waals surface area (Å²) in [5.74, 6) is 0.502. The van der Waals surface area contributed by atoms with Crippen LogP contribution in [0.5, 0.6) is 0 Å². The predicted molar refractivity (Wildman–Crippen MR) is 110 cm³/mol. The van der Waals surface area contributed by atoms with Crippen molar-refractivity contribution < 1.29 is 17.6 Å². The van der Waals surface area contributed by atoms with Crippen molar-refractivity contribution in [3.8, 4) is 0 Å². The number of ether oxygens (including phenoxy) is 1. The van der Waals surface area contributed by atoms with Gasteiger partial charge in [-0.15, -0.1) is 0 Å². The summed E-state index contributed by atoms with van der Waals surface area (Å²) in [6.45, 7) is 4.98. The zero-order valence-corrected chi connectivity index (χ0v) is 16.5. The van der Waals surface area contributed by atoms with Crippen molar-refractivity contribution >= 4 is 38.8 Å². The number of benzene rings is 2. The molecule has 0 atom stereocenters. The van der Waals surface area contributed by atoms with Crippen molar-refractivity contribution in [2.45, 2.75) is 11.8 Å². The minimum Gasteiger partial charge on any atom is -0.437 e. The Balaban J connectivity index is 1.51. The van der Waals surface area contributed by atoms with Crippen LogP contribution in [0.25, 0.3) is 23.3 Å². The lowest BCUT2D eigenvalue weighted by atomic mass is 10.1. The maximum atomic E-state index is 12.0. The van der Waals surface area contributed by atoms with E-state index in [2.05, 4.69) is 34.1 Å².